The van der Waals surface area contributed by atoms with Crippen LogP contribution in [0.3, 0.4) is 0 Å². The molecule has 0 bridgehead atoms. The third-order valence-electron chi connectivity index (χ3n) is 3.54. The van der Waals surface area contributed by atoms with Gasteiger partial charge in [0.2, 0.25) is 18.1 Å². The molecule has 0 aliphatic heterocycles. The highest BCUT2D eigenvalue weighted by molar-refractivity contribution is 5.84. The van der Waals surface area contributed by atoms with Gasteiger partial charge in [0.15, 0.2) is 0 Å². The number of nitro groups is 1. The maximum absolute atomic E-state index is 12.0. The van der Waals surface area contributed by atoms with Gasteiger partial charge in [-0.1, -0.05) is 12.8 Å². The fourth-order valence-corrected chi connectivity index (χ4v) is 2.38. The normalized spacial score (nSPS) is 16.9. The highest BCUT2D eigenvalue weighted by atomic mass is 16.6. The van der Waals surface area contributed by atoms with Crippen LogP contribution in [0.25, 0.3) is 0 Å². The zero-order chi connectivity index (χ0) is 14.7. The fourth-order valence-electron chi connectivity index (χ4n) is 2.38. The summed E-state index contributed by atoms with van der Waals surface area (Å²) in [6, 6.07) is -0.321. The predicted molar refractivity (Wildman–Crippen MR) is 73.3 cm³/mol. The molecule has 1 atom stereocenters. The van der Waals surface area contributed by atoms with E-state index in [0.717, 1.165) is 25.7 Å². The number of amides is 1. The molecule has 1 aromatic rings. The summed E-state index contributed by atoms with van der Waals surface area (Å²) in [6.45, 7) is 1.68. The van der Waals surface area contributed by atoms with Crippen molar-refractivity contribution >= 4 is 17.5 Å². The number of aryl methyl sites for hydroxylation is 1. The Bertz CT molecular complexity index is 507. The molecule has 110 valence electrons. The van der Waals surface area contributed by atoms with Crippen LogP contribution in [0.4, 0.5) is 11.6 Å². The lowest BCUT2D eigenvalue weighted by molar-refractivity contribution is -0.388. The largest absolute Gasteiger partial charge is 0.406 e. The lowest BCUT2D eigenvalue weighted by atomic mass is 10.2. The second-order valence-electron chi connectivity index (χ2n) is 5.14. The number of hydrogen-bond donors (Lipinski definition) is 2. The third kappa shape index (κ3) is 3.06. The molecule has 1 saturated carbocycles. The lowest BCUT2D eigenvalue weighted by Crippen LogP contribution is -2.42. The summed E-state index contributed by atoms with van der Waals surface area (Å²) in [6.07, 6.45) is 5.64. The van der Waals surface area contributed by atoms with Crippen LogP contribution in [-0.2, 0) is 11.8 Å². The SMILES string of the molecule is CC(Nc1c([N+](=O)[O-])ncn1C)C(=O)NC1CCCC1. The molecule has 0 spiro atoms. The van der Waals surface area contributed by atoms with E-state index in [2.05, 4.69) is 15.6 Å². The van der Waals surface area contributed by atoms with E-state index in [-0.39, 0.29) is 23.6 Å². The number of nitrogens with one attached hydrogen (secondary N) is 2. The van der Waals surface area contributed by atoms with Gasteiger partial charge in [0.25, 0.3) is 0 Å². The van der Waals surface area contributed by atoms with Crippen LogP contribution in [0.5, 0.6) is 0 Å². The molecule has 1 amide bonds. The minimum Gasteiger partial charge on any atom is -0.358 e. The maximum atomic E-state index is 12.0. The van der Waals surface area contributed by atoms with Crippen molar-refractivity contribution in [3.63, 3.8) is 0 Å². The van der Waals surface area contributed by atoms with E-state index < -0.39 is 11.0 Å². The summed E-state index contributed by atoms with van der Waals surface area (Å²) in [7, 11) is 1.64. The minimum absolute atomic E-state index is 0.146. The van der Waals surface area contributed by atoms with E-state index in [1.54, 1.807) is 14.0 Å². The summed E-state index contributed by atoms with van der Waals surface area (Å²) < 4.78 is 1.50. The fraction of sp³-hybridized carbons (Fsp3) is 0.667. The molecule has 2 N–H and O–H groups in total. The highest BCUT2D eigenvalue weighted by Crippen LogP contribution is 2.22. The Kier molecular flexibility index (Phi) is 4.21. The van der Waals surface area contributed by atoms with Crippen molar-refractivity contribution in [3.05, 3.63) is 16.4 Å². The molecule has 1 aliphatic carbocycles. The van der Waals surface area contributed by atoms with Crippen LogP contribution < -0.4 is 10.6 Å². The molecular weight excluding hydrogens is 262 g/mol. The second kappa shape index (κ2) is 5.89. The Morgan fingerprint density at radius 1 is 1.55 bits per heavy atom. The summed E-state index contributed by atoms with van der Waals surface area (Å²) in [5, 5.41) is 16.7. The van der Waals surface area contributed by atoms with Crippen molar-refractivity contribution in [3.8, 4) is 0 Å². The van der Waals surface area contributed by atoms with Gasteiger partial charge >= 0.3 is 5.82 Å². The molecule has 1 aromatic heterocycles. The van der Waals surface area contributed by atoms with Crippen LogP contribution in [0.1, 0.15) is 32.6 Å². The van der Waals surface area contributed by atoms with Crippen molar-refractivity contribution in [1.82, 2.24) is 14.9 Å². The van der Waals surface area contributed by atoms with E-state index in [1.165, 1.54) is 10.9 Å². The zero-order valence-electron chi connectivity index (χ0n) is 11.6. The van der Waals surface area contributed by atoms with Gasteiger partial charge in [-0.2, -0.15) is 0 Å². The number of rotatable bonds is 5. The number of carbonyl (C=O) groups is 1. The van der Waals surface area contributed by atoms with Gasteiger partial charge in [0.05, 0.1) is 0 Å². The summed E-state index contributed by atoms with van der Waals surface area (Å²) >= 11 is 0. The molecule has 1 fully saturated rings. The van der Waals surface area contributed by atoms with Crippen molar-refractivity contribution < 1.29 is 9.72 Å². The van der Waals surface area contributed by atoms with Gasteiger partial charge < -0.3 is 20.7 Å². The highest BCUT2D eigenvalue weighted by Gasteiger charge is 2.25. The number of anilines is 1. The average molecular weight is 281 g/mol. The third-order valence-corrected chi connectivity index (χ3v) is 3.54. The van der Waals surface area contributed by atoms with Gasteiger partial charge in [-0.05, 0) is 29.7 Å². The van der Waals surface area contributed by atoms with E-state index in [9.17, 15) is 14.9 Å². The Labute approximate surface area is 116 Å². The summed E-state index contributed by atoms with van der Waals surface area (Å²) in [5.41, 5.74) is 0. The summed E-state index contributed by atoms with van der Waals surface area (Å²) in [4.78, 5) is 26.0. The Balaban J connectivity index is 1.99. The minimum atomic E-state index is -0.566. The van der Waals surface area contributed by atoms with Crippen LogP contribution in [0, 0.1) is 10.1 Å². The number of aromatic nitrogens is 2. The monoisotopic (exact) mass is 281 g/mol. The summed E-state index contributed by atoms with van der Waals surface area (Å²) in [5.74, 6) is -0.176. The van der Waals surface area contributed by atoms with Gasteiger partial charge in [0, 0.05) is 13.1 Å². The molecule has 0 saturated heterocycles. The van der Waals surface area contributed by atoms with E-state index in [0.29, 0.717) is 0 Å². The number of nitrogens with zero attached hydrogens (tertiary/aromatic N) is 3. The van der Waals surface area contributed by atoms with E-state index in [4.69, 9.17) is 0 Å². The first-order valence-corrected chi connectivity index (χ1v) is 6.71. The van der Waals surface area contributed by atoms with Crippen molar-refractivity contribution in [2.24, 2.45) is 7.05 Å². The first-order chi connectivity index (χ1) is 9.49. The van der Waals surface area contributed by atoms with Crippen LogP contribution in [-0.4, -0.2) is 32.5 Å². The Hall–Kier alpha value is -2.12. The molecule has 2 rings (SSSR count). The predicted octanol–water partition coefficient (Wildman–Crippen LogP) is 1.19. The van der Waals surface area contributed by atoms with Crippen molar-refractivity contribution in [2.75, 3.05) is 5.32 Å². The standard InChI is InChI=1S/C12H19N5O3/c1-8(12(18)15-9-5-3-4-6-9)14-11-10(17(19)20)13-7-16(11)2/h7-9,14H,3-6H2,1-2H3,(H,15,18). The maximum Gasteiger partial charge on any atom is 0.406 e. The number of hydrogen-bond acceptors (Lipinski definition) is 5. The first kappa shape index (κ1) is 14.3. The van der Waals surface area contributed by atoms with Crippen LogP contribution in [0.2, 0.25) is 0 Å². The molecule has 1 aliphatic rings. The topological polar surface area (TPSA) is 102 Å². The van der Waals surface area contributed by atoms with Crippen molar-refractivity contribution in [2.45, 2.75) is 44.7 Å². The van der Waals surface area contributed by atoms with Crippen LogP contribution >= 0.6 is 0 Å². The molecule has 8 nitrogen and oxygen atoms in total. The number of imidazole rings is 1. The molecule has 1 unspecified atom stereocenters. The second-order valence-corrected chi connectivity index (χ2v) is 5.14. The molecule has 0 radical (unpaired) electrons. The van der Waals surface area contributed by atoms with Gasteiger partial charge in [-0.25, -0.2) is 0 Å². The molecule has 1 heterocycles. The smallest absolute Gasteiger partial charge is 0.358 e. The quantitative estimate of drug-likeness (QED) is 0.623. The molecule has 0 aromatic carbocycles. The Morgan fingerprint density at radius 3 is 2.80 bits per heavy atom. The van der Waals surface area contributed by atoms with E-state index >= 15 is 0 Å². The Morgan fingerprint density at radius 2 is 2.20 bits per heavy atom. The van der Waals surface area contributed by atoms with Crippen molar-refractivity contribution in [1.29, 1.82) is 0 Å². The van der Waals surface area contributed by atoms with Gasteiger partial charge in [0.1, 0.15) is 6.04 Å². The lowest BCUT2D eigenvalue weighted by Gasteiger charge is -2.18. The average Bonchev–Trinajstić information content (AvgIpc) is 3.00. The number of carbonyl (C=O) groups excluding carboxylic acids is 1. The van der Waals surface area contributed by atoms with Gasteiger partial charge in [-0.3, -0.25) is 9.36 Å². The molecular formula is C12H19N5O3. The van der Waals surface area contributed by atoms with Gasteiger partial charge in [-0.15, -0.1) is 0 Å². The zero-order valence-corrected chi connectivity index (χ0v) is 11.6. The molecule has 8 heteroatoms. The van der Waals surface area contributed by atoms with Crippen LogP contribution in [0.15, 0.2) is 6.33 Å². The molecule has 20 heavy (non-hydrogen) atoms. The first-order valence-electron chi connectivity index (χ1n) is 6.71. The van der Waals surface area contributed by atoms with E-state index in [1.807, 2.05) is 0 Å².